The molecule has 3 N–H and O–H groups in total. The summed E-state index contributed by atoms with van der Waals surface area (Å²) in [5.74, 6) is 0.418. The van der Waals surface area contributed by atoms with E-state index >= 15 is 0 Å². The molecule has 1 unspecified atom stereocenters. The molecule has 6 nitrogen and oxygen atoms in total. The zero-order valence-corrected chi connectivity index (χ0v) is 17.9. The minimum Gasteiger partial charge on any atom is -0.508 e. The second-order valence-electron chi connectivity index (χ2n) is 9.68. The average molecular weight is 405 g/mol. The Morgan fingerprint density at radius 3 is 2.66 bits per heavy atom. The number of ether oxygens (including phenoxy) is 2. The summed E-state index contributed by atoms with van der Waals surface area (Å²) < 4.78 is 11.5. The third-order valence-corrected chi connectivity index (χ3v) is 6.05. The Kier molecular flexibility index (Phi) is 5.71. The van der Waals surface area contributed by atoms with Gasteiger partial charge in [0.05, 0.1) is 6.61 Å². The van der Waals surface area contributed by atoms with Gasteiger partial charge in [-0.2, -0.15) is 0 Å². The zero-order chi connectivity index (χ0) is 21.6. The Hall–Kier alpha value is -2.05. The Labute approximate surface area is 172 Å². The third-order valence-electron chi connectivity index (χ3n) is 6.05. The van der Waals surface area contributed by atoms with Crippen LogP contribution in [0.5, 0.6) is 11.5 Å². The van der Waals surface area contributed by atoms with Crippen molar-refractivity contribution in [1.82, 2.24) is 0 Å². The van der Waals surface area contributed by atoms with E-state index in [2.05, 4.69) is 20.8 Å². The van der Waals surface area contributed by atoms with Crippen molar-refractivity contribution in [2.75, 3.05) is 13.2 Å². The highest BCUT2D eigenvalue weighted by molar-refractivity contribution is 5.89. The van der Waals surface area contributed by atoms with Crippen LogP contribution < -0.4 is 4.74 Å². The first kappa shape index (κ1) is 21.7. The van der Waals surface area contributed by atoms with Crippen LogP contribution in [0, 0.1) is 5.92 Å². The molecule has 0 spiro atoms. The molecule has 160 valence electrons. The first-order valence-corrected chi connectivity index (χ1v) is 10.2. The van der Waals surface area contributed by atoms with E-state index in [0.29, 0.717) is 24.2 Å². The maximum absolute atomic E-state index is 12.5. The lowest BCUT2D eigenvalue weighted by molar-refractivity contribution is -0.143. The summed E-state index contributed by atoms with van der Waals surface area (Å²) in [5.41, 5.74) is 1.69. The van der Waals surface area contributed by atoms with Gasteiger partial charge in [0.15, 0.2) is 0 Å². The monoisotopic (exact) mass is 404 g/mol. The molecule has 0 amide bonds. The van der Waals surface area contributed by atoms with Gasteiger partial charge in [0.1, 0.15) is 29.8 Å². The van der Waals surface area contributed by atoms with E-state index in [9.17, 15) is 15.0 Å². The van der Waals surface area contributed by atoms with Crippen molar-refractivity contribution in [3.63, 3.8) is 0 Å². The minimum atomic E-state index is -1.08. The molecule has 29 heavy (non-hydrogen) atoms. The number of aliphatic hydroxyl groups is 2. The first-order chi connectivity index (χ1) is 13.4. The number of hydrogen-bond acceptors (Lipinski definition) is 6. The molecule has 0 bridgehead atoms. The number of carbonyl (C=O) groups excluding carboxylic acids is 1. The van der Waals surface area contributed by atoms with Crippen molar-refractivity contribution in [3.8, 4) is 11.5 Å². The molecule has 1 aliphatic heterocycles. The van der Waals surface area contributed by atoms with E-state index in [1.54, 1.807) is 6.07 Å². The fraction of sp³-hybridized carbons (Fsp3) is 0.609. The lowest BCUT2D eigenvalue weighted by atomic mass is 9.66. The molecule has 0 saturated carbocycles. The second-order valence-corrected chi connectivity index (χ2v) is 9.68. The highest BCUT2D eigenvalue weighted by Crippen LogP contribution is 2.54. The number of phenolic OH excluding ortho intramolecular Hbond substituents is 1. The van der Waals surface area contributed by atoms with E-state index < -0.39 is 24.3 Å². The van der Waals surface area contributed by atoms with Crippen molar-refractivity contribution < 1.29 is 29.6 Å². The van der Waals surface area contributed by atoms with Gasteiger partial charge in [-0.1, -0.05) is 26.8 Å². The van der Waals surface area contributed by atoms with Gasteiger partial charge in [-0.05, 0) is 49.8 Å². The molecule has 0 aromatic heterocycles. The number of allylic oxidation sites excluding steroid dienone is 1. The lowest BCUT2D eigenvalue weighted by Gasteiger charge is -2.47. The van der Waals surface area contributed by atoms with Crippen LogP contribution in [0.3, 0.4) is 0 Å². The van der Waals surface area contributed by atoms with Crippen molar-refractivity contribution in [2.24, 2.45) is 5.92 Å². The largest absolute Gasteiger partial charge is 0.508 e. The number of aliphatic hydroxyl groups excluding tert-OH is 2. The van der Waals surface area contributed by atoms with Crippen LogP contribution in [0.15, 0.2) is 23.8 Å². The van der Waals surface area contributed by atoms with Crippen LogP contribution >= 0.6 is 0 Å². The van der Waals surface area contributed by atoms with Gasteiger partial charge in [0.2, 0.25) is 0 Å². The smallest absolute Gasteiger partial charge is 0.333 e. The van der Waals surface area contributed by atoms with Crippen molar-refractivity contribution in [2.45, 2.75) is 70.5 Å². The number of rotatable bonds is 4. The number of hydrogen-bond donors (Lipinski definition) is 3. The molecule has 0 fully saturated rings. The summed E-state index contributed by atoms with van der Waals surface area (Å²) in [7, 11) is 0. The van der Waals surface area contributed by atoms with Crippen LogP contribution in [-0.4, -0.2) is 46.2 Å². The predicted octanol–water partition coefficient (Wildman–Crippen LogP) is 3.18. The van der Waals surface area contributed by atoms with E-state index in [0.717, 1.165) is 11.1 Å². The molecule has 1 aliphatic carbocycles. The van der Waals surface area contributed by atoms with Crippen molar-refractivity contribution in [1.29, 1.82) is 0 Å². The molecule has 6 heteroatoms. The Morgan fingerprint density at radius 1 is 1.34 bits per heavy atom. The highest BCUT2D eigenvalue weighted by atomic mass is 16.5. The number of esters is 1. The second kappa shape index (κ2) is 7.65. The Morgan fingerprint density at radius 2 is 2.03 bits per heavy atom. The third kappa shape index (κ3) is 4.28. The molecule has 3 atom stereocenters. The molecule has 2 aliphatic rings. The van der Waals surface area contributed by atoms with E-state index in [1.807, 2.05) is 26.0 Å². The van der Waals surface area contributed by atoms with Crippen molar-refractivity contribution in [3.05, 3.63) is 34.9 Å². The van der Waals surface area contributed by atoms with Gasteiger partial charge < -0.3 is 24.8 Å². The fourth-order valence-electron chi connectivity index (χ4n) is 4.31. The Balaban J connectivity index is 1.93. The normalized spacial score (nSPS) is 23.9. The highest BCUT2D eigenvalue weighted by Gasteiger charge is 2.47. The lowest BCUT2D eigenvalue weighted by Crippen LogP contribution is -2.46. The summed E-state index contributed by atoms with van der Waals surface area (Å²) in [6.45, 7) is 9.65. The Bertz CT molecular complexity index is 817. The van der Waals surface area contributed by atoms with E-state index in [-0.39, 0.29) is 29.6 Å². The van der Waals surface area contributed by atoms with Gasteiger partial charge in [0.25, 0.3) is 0 Å². The van der Waals surface area contributed by atoms with Crippen molar-refractivity contribution >= 4 is 5.97 Å². The number of carbonyl (C=O) groups is 1. The SMILES string of the molecule is CC(C)(C)c1cc(O)c2c(c1)OC(C)(C)[C@@H]1CC=C(C(=O)OCC(O)CO)C[C@@H]21. The van der Waals surface area contributed by atoms with Crippen LogP contribution in [0.2, 0.25) is 0 Å². The number of phenols is 1. The number of aromatic hydroxyl groups is 1. The quantitative estimate of drug-likeness (QED) is 0.667. The van der Waals surface area contributed by atoms with Crippen LogP contribution in [0.25, 0.3) is 0 Å². The summed E-state index contributed by atoms with van der Waals surface area (Å²) >= 11 is 0. The van der Waals surface area contributed by atoms with Gasteiger partial charge >= 0.3 is 5.97 Å². The first-order valence-electron chi connectivity index (χ1n) is 10.2. The standard InChI is InChI=1S/C23H32O6/c1-22(2,3)14-9-18(26)20-16-8-13(21(27)28-12-15(25)11-24)6-7-17(16)23(4,5)29-19(20)10-14/h6,9-10,15-17,24-26H,7-8,11-12H2,1-5H3/t15?,16-,17-/m1/s1. The molecule has 3 rings (SSSR count). The van der Waals surface area contributed by atoms with Crippen LogP contribution in [0.4, 0.5) is 0 Å². The zero-order valence-electron chi connectivity index (χ0n) is 17.9. The van der Waals surface area contributed by atoms with Gasteiger partial charge in [-0.25, -0.2) is 4.79 Å². The van der Waals surface area contributed by atoms with Crippen LogP contribution in [-0.2, 0) is 14.9 Å². The van der Waals surface area contributed by atoms with Gasteiger partial charge in [-0.3, -0.25) is 0 Å². The predicted molar refractivity (Wildman–Crippen MR) is 109 cm³/mol. The fourth-order valence-corrected chi connectivity index (χ4v) is 4.31. The average Bonchev–Trinajstić information content (AvgIpc) is 2.63. The number of fused-ring (bicyclic) bond motifs is 3. The topological polar surface area (TPSA) is 96.2 Å². The molecule has 1 heterocycles. The minimum absolute atomic E-state index is 0.0712. The van der Waals surface area contributed by atoms with Gasteiger partial charge in [-0.15, -0.1) is 0 Å². The van der Waals surface area contributed by atoms with E-state index in [1.165, 1.54) is 0 Å². The number of benzene rings is 1. The summed E-state index contributed by atoms with van der Waals surface area (Å²) in [4.78, 5) is 12.5. The molecule has 1 aromatic carbocycles. The molecule has 1 aromatic rings. The molecule has 0 saturated heterocycles. The maximum atomic E-state index is 12.5. The molecular weight excluding hydrogens is 372 g/mol. The van der Waals surface area contributed by atoms with Crippen LogP contribution in [0.1, 0.15) is 64.5 Å². The maximum Gasteiger partial charge on any atom is 0.333 e. The molecule has 0 radical (unpaired) electrons. The molecular formula is C23H32O6. The van der Waals surface area contributed by atoms with E-state index in [4.69, 9.17) is 14.6 Å². The van der Waals surface area contributed by atoms with Gasteiger partial charge in [0, 0.05) is 23.0 Å². The summed E-state index contributed by atoms with van der Waals surface area (Å²) in [6.07, 6.45) is 1.84. The summed E-state index contributed by atoms with van der Waals surface area (Å²) in [6, 6.07) is 3.80. The summed E-state index contributed by atoms with van der Waals surface area (Å²) in [5, 5.41) is 29.2.